The highest BCUT2D eigenvalue weighted by atomic mass is 16.1. The van der Waals surface area contributed by atoms with Crippen molar-refractivity contribution in [1.29, 1.82) is 0 Å². The average molecular weight is 274 g/mol. The fraction of sp³-hybridized carbons (Fsp3) is 0.875. The summed E-state index contributed by atoms with van der Waals surface area (Å²) < 4.78 is 0. The van der Waals surface area contributed by atoms with Crippen molar-refractivity contribution in [3.8, 4) is 0 Å². The summed E-state index contributed by atoms with van der Waals surface area (Å²) in [6.45, 7) is 1.22. The standard InChI is InChI=1S/C16H22N2O2/c19-10-17-3-1-15-14-6-12-5-13(7-14)9-16(15,8-12)2-4-18-11-20/h12-15H,1-9H2. The molecule has 0 saturated heterocycles. The largest absolute Gasteiger partial charge is 0.234 e. The van der Waals surface area contributed by atoms with E-state index in [1.807, 2.05) is 0 Å². The van der Waals surface area contributed by atoms with E-state index in [4.69, 9.17) is 0 Å². The highest BCUT2D eigenvalue weighted by Gasteiger charge is 2.55. The van der Waals surface area contributed by atoms with Crippen LogP contribution in [0.25, 0.3) is 0 Å². The van der Waals surface area contributed by atoms with Gasteiger partial charge in [0.2, 0.25) is 12.2 Å². The molecule has 4 nitrogen and oxygen atoms in total. The molecule has 4 aliphatic rings. The normalized spacial score (nSPS) is 41.0. The summed E-state index contributed by atoms with van der Waals surface area (Å²) in [5.74, 6) is 3.25. The second-order valence-corrected chi connectivity index (χ2v) is 7.06. The second-order valence-electron chi connectivity index (χ2n) is 7.06. The minimum Gasteiger partial charge on any atom is -0.211 e. The van der Waals surface area contributed by atoms with Crippen LogP contribution in [0.4, 0.5) is 0 Å². The third-order valence-electron chi connectivity index (χ3n) is 6.09. The van der Waals surface area contributed by atoms with Gasteiger partial charge in [-0.2, -0.15) is 0 Å². The summed E-state index contributed by atoms with van der Waals surface area (Å²) >= 11 is 0. The van der Waals surface area contributed by atoms with Gasteiger partial charge < -0.3 is 0 Å². The molecule has 0 amide bonds. The molecule has 20 heavy (non-hydrogen) atoms. The predicted octanol–water partition coefficient (Wildman–Crippen LogP) is 2.88. The maximum absolute atomic E-state index is 10.3. The molecule has 4 bridgehead atoms. The van der Waals surface area contributed by atoms with E-state index in [1.54, 1.807) is 12.2 Å². The molecule has 4 saturated carbocycles. The summed E-state index contributed by atoms with van der Waals surface area (Å²) in [6, 6.07) is 0. The van der Waals surface area contributed by atoms with Crippen LogP contribution in [0, 0.1) is 29.1 Å². The Labute approximate surface area is 119 Å². The van der Waals surface area contributed by atoms with Crippen LogP contribution in [0.3, 0.4) is 0 Å². The average Bonchev–Trinajstić information content (AvgIpc) is 2.41. The molecule has 0 heterocycles. The molecule has 0 radical (unpaired) electrons. The Morgan fingerprint density at radius 1 is 0.950 bits per heavy atom. The fourth-order valence-electron chi connectivity index (χ4n) is 5.82. The Morgan fingerprint density at radius 2 is 1.60 bits per heavy atom. The van der Waals surface area contributed by atoms with Crippen molar-refractivity contribution in [3.05, 3.63) is 0 Å². The molecule has 108 valence electrons. The molecule has 0 aliphatic heterocycles. The van der Waals surface area contributed by atoms with Crippen LogP contribution in [0.2, 0.25) is 0 Å². The highest BCUT2D eigenvalue weighted by Crippen LogP contribution is 2.64. The smallest absolute Gasteiger partial charge is 0.211 e. The summed E-state index contributed by atoms with van der Waals surface area (Å²) in [7, 11) is 0. The van der Waals surface area contributed by atoms with E-state index < -0.39 is 0 Å². The Kier molecular flexibility index (Phi) is 3.87. The molecule has 4 heteroatoms. The first-order valence-electron chi connectivity index (χ1n) is 7.84. The van der Waals surface area contributed by atoms with Crippen LogP contribution in [-0.4, -0.2) is 25.2 Å². The van der Waals surface area contributed by atoms with Crippen LogP contribution in [-0.2, 0) is 9.59 Å². The summed E-state index contributed by atoms with van der Waals surface area (Å²) in [4.78, 5) is 28.2. The Bertz CT molecular complexity index is 449. The van der Waals surface area contributed by atoms with Crippen LogP contribution < -0.4 is 0 Å². The molecular weight excluding hydrogens is 252 g/mol. The van der Waals surface area contributed by atoms with Crippen molar-refractivity contribution >= 4 is 12.2 Å². The Morgan fingerprint density at radius 3 is 2.25 bits per heavy atom. The van der Waals surface area contributed by atoms with Gasteiger partial charge in [-0.3, -0.25) is 0 Å². The predicted molar refractivity (Wildman–Crippen MR) is 74.7 cm³/mol. The number of nitrogens with zero attached hydrogens (tertiary/aromatic N) is 2. The molecule has 0 N–H and O–H groups in total. The van der Waals surface area contributed by atoms with E-state index in [0.717, 1.165) is 30.6 Å². The van der Waals surface area contributed by atoms with Crippen molar-refractivity contribution in [2.75, 3.05) is 13.1 Å². The number of hydrogen-bond donors (Lipinski definition) is 0. The van der Waals surface area contributed by atoms with E-state index >= 15 is 0 Å². The zero-order chi connectivity index (χ0) is 14.0. The first-order valence-corrected chi connectivity index (χ1v) is 7.84. The van der Waals surface area contributed by atoms with E-state index in [-0.39, 0.29) is 0 Å². The molecule has 4 rings (SSSR count). The number of hydrogen-bond acceptors (Lipinski definition) is 4. The van der Waals surface area contributed by atoms with Gasteiger partial charge in [-0.1, -0.05) is 0 Å². The topological polar surface area (TPSA) is 58.9 Å². The quantitative estimate of drug-likeness (QED) is 0.552. The zero-order valence-electron chi connectivity index (χ0n) is 11.9. The highest BCUT2D eigenvalue weighted by molar-refractivity contribution is 5.33. The van der Waals surface area contributed by atoms with Gasteiger partial charge in [-0.15, -0.1) is 0 Å². The van der Waals surface area contributed by atoms with Crippen molar-refractivity contribution in [3.63, 3.8) is 0 Å². The van der Waals surface area contributed by atoms with E-state index in [9.17, 15) is 9.59 Å². The number of carbonyl (C=O) groups excluding carboxylic acids is 2. The Hall–Kier alpha value is -1.24. The number of isocyanates is 2. The minimum absolute atomic E-state index is 0.355. The molecule has 0 aromatic carbocycles. The SMILES string of the molecule is O=C=NCCC1C2CC3CC(C2)CC1(CCN=C=O)C3. The van der Waals surface area contributed by atoms with Gasteiger partial charge in [0.25, 0.3) is 0 Å². The number of rotatable bonds is 6. The van der Waals surface area contributed by atoms with Crippen LogP contribution in [0.1, 0.15) is 44.9 Å². The van der Waals surface area contributed by atoms with Gasteiger partial charge in [0.05, 0.1) is 13.1 Å². The van der Waals surface area contributed by atoms with Crippen molar-refractivity contribution < 1.29 is 9.59 Å². The summed E-state index contributed by atoms with van der Waals surface area (Å²) in [6.07, 6.45) is 12.1. The lowest BCUT2D eigenvalue weighted by atomic mass is 9.44. The van der Waals surface area contributed by atoms with Gasteiger partial charge in [-0.05, 0) is 74.0 Å². The van der Waals surface area contributed by atoms with Crippen LogP contribution in [0.15, 0.2) is 9.98 Å². The molecular formula is C16H22N2O2. The molecule has 4 fully saturated rings. The molecule has 4 aliphatic carbocycles. The first-order chi connectivity index (χ1) is 9.77. The lowest BCUT2D eigenvalue weighted by Crippen LogP contribution is -2.53. The molecule has 3 atom stereocenters. The van der Waals surface area contributed by atoms with Crippen molar-refractivity contribution in [1.82, 2.24) is 0 Å². The third-order valence-corrected chi connectivity index (χ3v) is 6.09. The molecule has 0 aromatic heterocycles. The molecule has 0 aromatic rings. The second kappa shape index (κ2) is 5.63. The van der Waals surface area contributed by atoms with Gasteiger partial charge in [0.15, 0.2) is 0 Å². The van der Waals surface area contributed by atoms with Gasteiger partial charge in [-0.25, -0.2) is 19.6 Å². The lowest BCUT2D eigenvalue weighted by molar-refractivity contribution is -0.114. The van der Waals surface area contributed by atoms with Gasteiger partial charge in [0, 0.05) is 0 Å². The molecule has 0 spiro atoms. The third kappa shape index (κ3) is 2.39. The van der Waals surface area contributed by atoms with Crippen LogP contribution >= 0.6 is 0 Å². The summed E-state index contributed by atoms with van der Waals surface area (Å²) in [5, 5.41) is 0. The Balaban J connectivity index is 1.77. The summed E-state index contributed by atoms with van der Waals surface area (Å²) in [5.41, 5.74) is 0.355. The van der Waals surface area contributed by atoms with E-state index in [0.29, 0.717) is 24.4 Å². The first kappa shape index (κ1) is 13.7. The van der Waals surface area contributed by atoms with Gasteiger partial charge >= 0.3 is 0 Å². The maximum Gasteiger partial charge on any atom is 0.234 e. The van der Waals surface area contributed by atoms with Crippen molar-refractivity contribution in [2.45, 2.75) is 44.9 Å². The van der Waals surface area contributed by atoms with E-state index in [1.165, 1.54) is 32.1 Å². The lowest BCUT2D eigenvalue weighted by Gasteiger charge is -2.61. The van der Waals surface area contributed by atoms with Gasteiger partial charge in [0.1, 0.15) is 0 Å². The molecule has 3 unspecified atom stereocenters. The van der Waals surface area contributed by atoms with Crippen molar-refractivity contribution in [2.24, 2.45) is 39.1 Å². The number of aliphatic imine (C=N–C) groups is 2. The minimum atomic E-state index is 0.355. The zero-order valence-corrected chi connectivity index (χ0v) is 11.9. The van der Waals surface area contributed by atoms with Crippen LogP contribution in [0.5, 0.6) is 0 Å². The van der Waals surface area contributed by atoms with E-state index in [2.05, 4.69) is 9.98 Å². The monoisotopic (exact) mass is 274 g/mol. The fourth-order valence-corrected chi connectivity index (χ4v) is 5.82. The maximum atomic E-state index is 10.3.